The van der Waals surface area contributed by atoms with E-state index in [9.17, 15) is 0 Å². The molecule has 0 aromatic rings. The van der Waals surface area contributed by atoms with E-state index in [0.29, 0.717) is 6.54 Å². The molecule has 0 atom stereocenters. The average molecular weight is 412 g/mol. The molecule has 0 aliphatic heterocycles. The molecule has 1 nitrogen and oxygen atoms in total. The van der Waals surface area contributed by atoms with Crippen LogP contribution < -0.4 is 0 Å². The average Bonchev–Trinajstić information content (AvgIpc) is 0.918. The van der Waals surface area contributed by atoms with Crippen LogP contribution in [0.5, 0.6) is 0 Å². The van der Waals surface area contributed by atoms with Gasteiger partial charge in [0.1, 0.15) is 0 Å². The molecule has 0 aliphatic rings. The summed E-state index contributed by atoms with van der Waals surface area (Å²) in [5, 5.41) is 0. The number of nitrogens with one attached hydrogen (secondary N) is 1. The molecule has 0 unspecified atom stereocenters. The van der Waals surface area contributed by atoms with Crippen LogP contribution in [-0.2, 0) is 42.1 Å². The molecule has 0 spiro atoms. The fourth-order valence-corrected chi connectivity index (χ4v) is 0. The molecule has 0 heterocycles. The van der Waals surface area contributed by atoms with Gasteiger partial charge in [-0.05, 0) is 0 Å². The number of rotatable bonds is 0. The quantitative estimate of drug-likeness (QED) is 0.569. The summed E-state index contributed by atoms with van der Waals surface area (Å²) in [6.07, 6.45) is 0. The second-order valence-corrected chi connectivity index (χ2v) is 0.354. The maximum atomic E-state index is 6.21. The number of hydrogen-bond acceptors (Lipinski definition) is 0. The number of hydrogen-bond donors (Lipinski definition) is 0. The van der Waals surface area contributed by atoms with Crippen molar-refractivity contribution < 1.29 is 42.1 Å². The standard InChI is InChI=1S/C2H6N.2W/c1-2-3;;/h3H,2H2,1H3;;/q-1;;. The molecule has 32 valence electrons. The molecule has 0 bridgehead atoms. The zero-order valence-electron chi connectivity index (χ0n) is 3.02. The van der Waals surface area contributed by atoms with E-state index in [2.05, 4.69) is 0 Å². The summed E-state index contributed by atoms with van der Waals surface area (Å²) in [6, 6.07) is 0. The van der Waals surface area contributed by atoms with E-state index in [1.165, 1.54) is 0 Å². The van der Waals surface area contributed by atoms with E-state index in [4.69, 9.17) is 5.73 Å². The van der Waals surface area contributed by atoms with Gasteiger partial charge >= 0.3 is 0 Å². The first-order valence-electron chi connectivity index (χ1n) is 1.06. The topological polar surface area (TPSA) is 23.8 Å². The monoisotopic (exact) mass is 412 g/mol. The van der Waals surface area contributed by atoms with Crippen molar-refractivity contribution >= 4 is 0 Å². The first-order valence-corrected chi connectivity index (χ1v) is 1.06. The third-order valence-corrected chi connectivity index (χ3v) is 0. The predicted molar refractivity (Wildman–Crippen MR) is 14.9 cm³/mol. The predicted octanol–water partition coefficient (Wildman–Crippen LogP) is 1.05. The van der Waals surface area contributed by atoms with E-state index in [-0.39, 0.29) is 42.1 Å². The summed E-state index contributed by atoms with van der Waals surface area (Å²) < 4.78 is 0. The third kappa shape index (κ3) is 33.3. The second-order valence-electron chi connectivity index (χ2n) is 0.354. The van der Waals surface area contributed by atoms with Crippen LogP contribution in [0.25, 0.3) is 5.73 Å². The molecule has 0 rings (SSSR count). The smallest absolute Gasteiger partial charge is 0 e. The van der Waals surface area contributed by atoms with Gasteiger partial charge in [0.05, 0.1) is 0 Å². The van der Waals surface area contributed by atoms with Crippen molar-refractivity contribution in [1.82, 2.24) is 0 Å². The summed E-state index contributed by atoms with van der Waals surface area (Å²) in [7, 11) is 0. The molecule has 1 N–H and O–H groups in total. The van der Waals surface area contributed by atoms with Crippen molar-refractivity contribution in [2.24, 2.45) is 0 Å². The van der Waals surface area contributed by atoms with Crippen LogP contribution in [0.15, 0.2) is 0 Å². The molecular weight excluding hydrogens is 406 g/mol. The fraction of sp³-hybridized carbons (Fsp3) is 1.00. The molecule has 0 aliphatic carbocycles. The van der Waals surface area contributed by atoms with Gasteiger partial charge in [0, 0.05) is 42.1 Å². The van der Waals surface area contributed by atoms with Crippen molar-refractivity contribution in [3.05, 3.63) is 5.73 Å². The zero-order chi connectivity index (χ0) is 2.71. The van der Waals surface area contributed by atoms with E-state index in [0.717, 1.165) is 0 Å². The summed E-state index contributed by atoms with van der Waals surface area (Å²) in [4.78, 5) is 0. The van der Waals surface area contributed by atoms with E-state index >= 15 is 0 Å². The van der Waals surface area contributed by atoms with Gasteiger partial charge in [-0.15, -0.1) is 0 Å². The minimum Gasteiger partial charge on any atom is -0.678 e. The first kappa shape index (κ1) is 16.2. The van der Waals surface area contributed by atoms with Gasteiger partial charge in [0.15, 0.2) is 0 Å². The normalized spacial score (nSPS) is 3.60. The SMILES string of the molecule is CC[NH-].[W].[W]. The van der Waals surface area contributed by atoms with Crippen LogP contribution in [-0.4, -0.2) is 6.54 Å². The van der Waals surface area contributed by atoms with Gasteiger partial charge in [-0.3, -0.25) is 0 Å². The molecule has 0 aromatic heterocycles. The first-order chi connectivity index (χ1) is 1.41. The molecule has 0 aromatic carbocycles. The van der Waals surface area contributed by atoms with Crippen molar-refractivity contribution in [1.29, 1.82) is 0 Å². The summed E-state index contributed by atoms with van der Waals surface area (Å²) >= 11 is 0. The molecule has 0 radical (unpaired) electrons. The second kappa shape index (κ2) is 18.4. The van der Waals surface area contributed by atoms with E-state index in [1.807, 2.05) is 0 Å². The van der Waals surface area contributed by atoms with Gasteiger partial charge in [-0.25, -0.2) is 0 Å². The van der Waals surface area contributed by atoms with Crippen LogP contribution in [0.3, 0.4) is 0 Å². The third-order valence-electron chi connectivity index (χ3n) is 0. The molecule has 3 heteroatoms. The Morgan fingerprint density at radius 3 is 1.40 bits per heavy atom. The maximum absolute atomic E-state index is 6.21. The van der Waals surface area contributed by atoms with Crippen LogP contribution in [0.4, 0.5) is 0 Å². The zero-order valence-corrected chi connectivity index (χ0v) is 8.89. The van der Waals surface area contributed by atoms with Crippen molar-refractivity contribution in [2.45, 2.75) is 6.92 Å². The van der Waals surface area contributed by atoms with Crippen molar-refractivity contribution in [3.63, 3.8) is 0 Å². The molecule has 0 saturated carbocycles. The molecule has 0 fully saturated rings. The Bertz CT molecular complexity index is 7.61. The van der Waals surface area contributed by atoms with Crippen molar-refractivity contribution in [3.8, 4) is 0 Å². The molecule has 5 heavy (non-hydrogen) atoms. The minimum absolute atomic E-state index is 0. The molecule has 0 saturated heterocycles. The minimum atomic E-state index is 0. The van der Waals surface area contributed by atoms with E-state index in [1.54, 1.807) is 6.92 Å². The Balaban J connectivity index is -0.0000000200. The largest absolute Gasteiger partial charge is 0.678 e. The van der Waals surface area contributed by atoms with Gasteiger partial charge in [-0.2, -0.15) is 6.54 Å². The Kier molecular flexibility index (Phi) is 59.6. The van der Waals surface area contributed by atoms with Gasteiger partial charge < -0.3 is 5.73 Å². The van der Waals surface area contributed by atoms with Crippen molar-refractivity contribution in [2.75, 3.05) is 6.54 Å². The molecule has 0 amide bonds. The van der Waals surface area contributed by atoms with Crippen LogP contribution in [0.1, 0.15) is 6.92 Å². The Morgan fingerprint density at radius 2 is 1.40 bits per heavy atom. The Hall–Kier alpha value is 1.34. The van der Waals surface area contributed by atoms with Crippen LogP contribution in [0, 0.1) is 0 Å². The van der Waals surface area contributed by atoms with Crippen LogP contribution in [0.2, 0.25) is 0 Å². The summed E-state index contributed by atoms with van der Waals surface area (Å²) in [6.45, 7) is 2.29. The van der Waals surface area contributed by atoms with Crippen LogP contribution >= 0.6 is 0 Å². The maximum Gasteiger partial charge on any atom is 0 e. The van der Waals surface area contributed by atoms with E-state index < -0.39 is 0 Å². The summed E-state index contributed by atoms with van der Waals surface area (Å²) in [5.41, 5.74) is 6.21. The van der Waals surface area contributed by atoms with Gasteiger partial charge in [0.2, 0.25) is 0 Å². The van der Waals surface area contributed by atoms with Gasteiger partial charge in [0.25, 0.3) is 0 Å². The van der Waals surface area contributed by atoms with Gasteiger partial charge in [-0.1, -0.05) is 6.92 Å². The Morgan fingerprint density at radius 1 is 1.40 bits per heavy atom. The fourth-order valence-electron chi connectivity index (χ4n) is 0. The summed E-state index contributed by atoms with van der Waals surface area (Å²) in [5.74, 6) is 0. The Labute approximate surface area is 61.2 Å². The molecular formula is C2H6NW2-.